The fourth-order valence-corrected chi connectivity index (χ4v) is 1.11. The van der Waals surface area contributed by atoms with Gasteiger partial charge in [0.1, 0.15) is 0 Å². The third-order valence-corrected chi connectivity index (χ3v) is 2.99. The summed E-state index contributed by atoms with van der Waals surface area (Å²) in [4.78, 5) is 15.1. The number of carbonyl (C=O) groups is 1. The minimum Gasteiger partial charge on any atom is -0.348 e. The maximum absolute atomic E-state index is 11.5. The van der Waals surface area contributed by atoms with Crippen LogP contribution >= 0.6 is 0 Å². The van der Waals surface area contributed by atoms with Crippen molar-refractivity contribution in [1.82, 2.24) is 9.80 Å². The molecule has 0 rings (SSSR count). The van der Waals surface area contributed by atoms with Crippen molar-refractivity contribution in [2.75, 3.05) is 34.2 Å². The summed E-state index contributed by atoms with van der Waals surface area (Å²) >= 11 is 0. The van der Waals surface area contributed by atoms with Crippen molar-refractivity contribution in [1.29, 1.82) is 0 Å². The van der Waals surface area contributed by atoms with Crippen molar-refractivity contribution >= 4 is 5.91 Å². The number of nitrogens with zero attached hydrogens (tertiary/aromatic N) is 2. The first-order valence-electron chi connectivity index (χ1n) is 4.99. The Morgan fingerprint density at radius 1 is 1.36 bits per heavy atom. The molecule has 0 aromatic rings. The number of amides is 1. The highest BCUT2D eigenvalue weighted by Crippen LogP contribution is 2.15. The zero-order valence-electron chi connectivity index (χ0n) is 10.0. The second-order valence-electron chi connectivity index (χ2n) is 4.20. The van der Waals surface area contributed by atoms with Crippen LogP contribution in [-0.4, -0.2) is 55.5 Å². The fourth-order valence-electron chi connectivity index (χ4n) is 1.11. The van der Waals surface area contributed by atoms with E-state index >= 15 is 0 Å². The summed E-state index contributed by atoms with van der Waals surface area (Å²) in [5, 5.41) is 0. The molecular formula is C10H23N3O. The molecule has 0 aromatic carbocycles. The molecule has 0 aliphatic carbocycles. The van der Waals surface area contributed by atoms with Crippen molar-refractivity contribution in [2.24, 2.45) is 5.73 Å². The van der Waals surface area contributed by atoms with E-state index in [1.54, 1.807) is 19.0 Å². The molecule has 0 saturated heterocycles. The third kappa shape index (κ3) is 3.27. The highest BCUT2D eigenvalue weighted by molar-refractivity contribution is 5.77. The molecule has 0 bridgehead atoms. The normalized spacial score (nSPS) is 15.4. The predicted octanol–water partition coefficient (Wildman–Crippen LogP) is 0.134. The molecule has 14 heavy (non-hydrogen) atoms. The van der Waals surface area contributed by atoms with Gasteiger partial charge in [-0.25, -0.2) is 0 Å². The molecule has 4 nitrogen and oxygen atoms in total. The Hall–Kier alpha value is -0.610. The molecule has 0 radical (unpaired) electrons. The Kier molecular flexibility index (Phi) is 5.08. The molecule has 2 N–H and O–H groups in total. The summed E-state index contributed by atoms with van der Waals surface area (Å²) in [6, 6.07) is 0. The number of hydrogen-bond donors (Lipinski definition) is 1. The molecule has 0 aromatic heterocycles. The van der Waals surface area contributed by atoms with E-state index in [1.165, 1.54) is 0 Å². The zero-order chi connectivity index (χ0) is 11.4. The van der Waals surface area contributed by atoms with Gasteiger partial charge in [-0.1, -0.05) is 6.92 Å². The van der Waals surface area contributed by atoms with E-state index in [9.17, 15) is 4.79 Å². The average Bonchev–Trinajstić information content (AvgIpc) is 2.16. The predicted molar refractivity (Wildman–Crippen MR) is 59.1 cm³/mol. The number of carbonyl (C=O) groups excluding carboxylic acids is 1. The Balaban J connectivity index is 4.32. The maximum Gasteiger partial charge on any atom is 0.236 e. The maximum atomic E-state index is 11.5. The SMILES string of the molecule is CCC(C)(CN)N(C)CC(=O)N(C)C. The summed E-state index contributed by atoms with van der Waals surface area (Å²) in [6.07, 6.45) is 0.945. The van der Waals surface area contributed by atoms with Gasteiger partial charge in [-0.2, -0.15) is 0 Å². The first-order valence-corrected chi connectivity index (χ1v) is 4.99. The Labute approximate surface area is 87.0 Å². The molecule has 0 saturated carbocycles. The number of likely N-dealkylation sites (N-methyl/N-ethyl adjacent to an activating group) is 2. The van der Waals surface area contributed by atoms with Crippen molar-refractivity contribution in [3.63, 3.8) is 0 Å². The Morgan fingerprint density at radius 2 is 1.86 bits per heavy atom. The molecule has 0 fully saturated rings. The molecule has 1 atom stereocenters. The smallest absolute Gasteiger partial charge is 0.236 e. The lowest BCUT2D eigenvalue weighted by Gasteiger charge is -2.37. The highest BCUT2D eigenvalue weighted by Gasteiger charge is 2.27. The van der Waals surface area contributed by atoms with Crippen LogP contribution in [0.3, 0.4) is 0 Å². The van der Waals surface area contributed by atoms with E-state index in [0.29, 0.717) is 13.1 Å². The molecule has 0 heterocycles. The number of nitrogens with two attached hydrogens (primary N) is 1. The van der Waals surface area contributed by atoms with Gasteiger partial charge in [-0.15, -0.1) is 0 Å². The lowest BCUT2D eigenvalue weighted by Crippen LogP contribution is -2.52. The second-order valence-corrected chi connectivity index (χ2v) is 4.20. The van der Waals surface area contributed by atoms with Gasteiger partial charge in [-0.05, 0) is 20.4 Å². The van der Waals surface area contributed by atoms with Gasteiger partial charge >= 0.3 is 0 Å². The molecule has 0 aliphatic rings. The number of rotatable bonds is 5. The molecule has 84 valence electrons. The van der Waals surface area contributed by atoms with Crippen LogP contribution in [0.5, 0.6) is 0 Å². The van der Waals surface area contributed by atoms with Crippen molar-refractivity contribution < 1.29 is 4.79 Å². The van der Waals surface area contributed by atoms with E-state index < -0.39 is 0 Å². The summed E-state index contributed by atoms with van der Waals surface area (Å²) in [6.45, 7) is 5.16. The zero-order valence-corrected chi connectivity index (χ0v) is 10.0. The minimum atomic E-state index is -0.0777. The van der Waals surface area contributed by atoms with Crippen LogP contribution in [0.4, 0.5) is 0 Å². The van der Waals surface area contributed by atoms with Crippen LogP contribution in [0.2, 0.25) is 0 Å². The minimum absolute atomic E-state index is 0.0777. The van der Waals surface area contributed by atoms with Crippen molar-refractivity contribution in [3.05, 3.63) is 0 Å². The van der Waals surface area contributed by atoms with Gasteiger partial charge in [0.25, 0.3) is 0 Å². The highest BCUT2D eigenvalue weighted by atomic mass is 16.2. The molecule has 1 amide bonds. The Morgan fingerprint density at radius 3 is 2.14 bits per heavy atom. The topological polar surface area (TPSA) is 49.6 Å². The van der Waals surface area contributed by atoms with Crippen molar-refractivity contribution in [2.45, 2.75) is 25.8 Å². The summed E-state index contributed by atoms with van der Waals surface area (Å²) in [7, 11) is 5.47. The van der Waals surface area contributed by atoms with Gasteiger partial charge < -0.3 is 10.6 Å². The molecule has 1 unspecified atom stereocenters. The monoisotopic (exact) mass is 201 g/mol. The van der Waals surface area contributed by atoms with E-state index in [2.05, 4.69) is 13.8 Å². The third-order valence-electron chi connectivity index (χ3n) is 2.99. The van der Waals surface area contributed by atoms with Crippen molar-refractivity contribution in [3.8, 4) is 0 Å². The van der Waals surface area contributed by atoms with Crippen LogP contribution in [0.25, 0.3) is 0 Å². The molecule has 0 aliphatic heterocycles. The van der Waals surface area contributed by atoms with Gasteiger partial charge in [0, 0.05) is 26.2 Å². The quantitative estimate of drug-likeness (QED) is 0.688. The Bertz CT molecular complexity index is 188. The summed E-state index contributed by atoms with van der Waals surface area (Å²) in [5.41, 5.74) is 5.63. The van der Waals surface area contributed by atoms with Gasteiger partial charge in [0.2, 0.25) is 5.91 Å². The van der Waals surface area contributed by atoms with E-state index in [-0.39, 0.29) is 11.4 Å². The molecule has 0 spiro atoms. The van der Waals surface area contributed by atoms with Crippen LogP contribution < -0.4 is 5.73 Å². The first kappa shape index (κ1) is 13.4. The van der Waals surface area contributed by atoms with Crippen LogP contribution in [0.15, 0.2) is 0 Å². The van der Waals surface area contributed by atoms with Crippen LogP contribution in [0, 0.1) is 0 Å². The average molecular weight is 201 g/mol. The van der Waals surface area contributed by atoms with Crippen LogP contribution in [0.1, 0.15) is 20.3 Å². The second kappa shape index (κ2) is 5.32. The van der Waals surface area contributed by atoms with E-state index in [4.69, 9.17) is 5.73 Å². The largest absolute Gasteiger partial charge is 0.348 e. The van der Waals surface area contributed by atoms with Gasteiger partial charge in [0.05, 0.1) is 6.54 Å². The number of hydrogen-bond acceptors (Lipinski definition) is 3. The summed E-state index contributed by atoms with van der Waals surface area (Å²) in [5.74, 6) is 0.112. The van der Waals surface area contributed by atoms with E-state index in [1.807, 2.05) is 11.9 Å². The summed E-state index contributed by atoms with van der Waals surface area (Å²) < 4.78 is 0. The van der Waals surface area contributed by atoms with Gasteiger partial charge in [0.15, 0.2) is 0 Å². The molecular weight excluding hydrogens is 178 g/mol. The van der Waals surface area contributed by atoms with Gasteiger partial charge in [-0.3, -0.25) is 9.69 Å². The standard InChI is InChI=1S/C10H23N3O/c1-6-10(2,8-11)13(5)7-9(14)12(3)4/h6-8,11H2,1-5H3. The van der Waals surface area contributed by atoms with E-state index in [0.717, 1.165) is 6.42 Å². The fraction of sp³-hybridized carbons (Fsp3) is 0.900. The first-order chi connectivity index (χ1) is 6.37. The lowest BCUT2D eigenvalue weighted by molar-refractivity contribution is -0.130. The molecule has 4 heteroatoms. The lowest BCUT2D eigenvalue weighted by atomic mass is 9.97. The van der Waals surface area contributed by atoms with Crippen LogP contribution in [-0.2, 0) is 4.79 Å².